The smallest absolute Gasteiger partial charge is 0.344 e. The molecule has 3 N–H and O–H groups in total. The number of guanidine groups is 1. The Morgan fingerprint density at radius 2 is 1.97 bits per heavy atom. The van der Waals surface area contributed by atoms with Crippen molar-refractivity contribution in [3.63, 3.8) is 0 Å². The molecule has 1 saturated heterocycles. The fourth-order valence-electron chi connectivity index (χ4n) is 4.86. The summed E-state index contributed by atoms with van der Waals surface area (Å²) in [5, 5.41) is 16.9. The Bertz CT molecular complexity index is 1300. The fraction of sp³-hybridized carbons (Fsp3) is 0.421. The van der Waals surface area contributed by atoms with Crippen molar-refractivity contribution in [2.24, 2.45) is 7.05 Å². The molecule has 0 bridgehead atoms. The Morgan fingerprint density at radius 1 is 1.28 bits per heavy atom. The van der Waals surface area contributed by atoms with Crippen molar-refractivity contribution in [1.82, 2.24) is 19.4 Å². The summed E-state index contributed by atoms with van der Waals surface area (Å²) < 4.78 is 66.6. The predicted molar refractivity (Wildman–Crippen MR) is 107 cm³/mol. The SMILES string of the molecule is CN1C(=N)N[C@@]2(Cc3ccc(NC(=O)c4cn(C)nc4C(F)(F)F)cc32)C2(CC2)S1(=O)=O. The fourth-order valence-corrected chi connectivity index (χ4v) is 6.96. The Morgan fingerprint density at radius 3 is 2.59 bits per heavy atom. The van der Waals surface area contributed by atoms with Crippen LogP contribution in [0.5, 0.6) is 0 Å². The predicted octanol–water partition coefficient (Wildman–Crippen LogP) is 1.77. The van der Waals surface area contributed by atoms with Crippen LogP contribution in [-0.4, -0.2) is 46.2 Å². The molecule has 5 rings (SSSR count). The molecule has 2 aliphatic carbocycles. The molecule has 32 heavy (non-hydrogen) atoms. The Hall–Kier alpha value is -3.09. The minimum Gasteiger partial charge on any atom is -0.344 e. The number of hydrogen-bond donors (Lipinski definition) is 3. The molecule has 0 unspecified atom stereocenters. The van der Waals surface area contributed by atoms with Gasteiger partial charge in [-0.15, -0.1) is 0 Å². The first-order valence-corrected chi connectivity index (χ1v) is 11.2. The molecule has 1 atom stereocenters. The maximum atomic E-state index is 13.2. The van der Waals surface area contributed by atoms with Gasteiger partial charge in [-0.25, -0.2) is 12.7 Å². The van der Waals surface area contributed by atoms with Crippen LogP contribution in [0.15, 0.2) is 24.4 Å². The lowest BCUT2D eigenvalue weighted by molar-refractivity contribution is -0.141. The first-order valence-electron chi connectivity index (χ1n) is 9.73. The second-order valence-electron chi connectivity index (χ2n) is 8.41. The largest absolute Gasteiger partial charge is 0.435 e. The number of carbonyl (C=O) groups is 1. The van der Waals surface area contributed by atoms with E-state index in [4.69, 9.17) is 5.41 Å². The van der Waals surface area contributed by atoms with Gasteiger partial charge in [-0.3, -0.25) is 14.9 Å². The molecule has 2 fully saturated rings. The van der Waals surface area contributed by atoms with E-state index in [2.05, 4.69) is 15.7 Å². The number of rotatable bonds is 2. The number of aromatic nitrogens is 2. The van der Waals surface area contributed by atoms with Crippen LogP contribution < -0.4 is 10.6 Å². The highest BCUT2D eigenvalue weighted by Gasteiger charge is 2.75. The molecule has 9 nitrogen and oxygen atoms in total. The van der Waals surface area contributed by atoms with Gasteiger partial charge in [0, 0.05) is 32.4 Å². The number of amides is 1. The Labute approximate surface area is 181 Å². The van der Waals surface area contributed by atoms with Gasteiger partial charge in [0.1, 0.15) is 4.75 Å². The van der Waals surface area contributed by atoms with Gasteiger partial charge in [-0.1, -0.05) is 6.07 Å². The number of nitrogens with zero attached hydrogens (tertiary/aromatic N) is 3. The molecule has 3 aliphatic rings. The van der Waals surface area contributed by atoms with Crippen molar-refractivity contribution in [3.8, 4) is 0 Å². The van der Waals surface area contributed by atoms with E-state index in [9.17, 15) is 26.4 Å². The van der Waals surface area contributed by atoms with Gasteiger partial charge in [-0.2, -0.15) is 18.3 Å². The van der Waals surface area contributed by atoms with Crippen LogP contribution >= 0.6 is 0 Å². The Balaban J connectivity index is 1.50. The summed E-state index contributed by atoms with van der Waals surface area (Å²) in [6.45, 7) is 0. The van der Waals surface area contributed by atoms with E-state index in [1.54, 1.807) is 18.2 Å². The summed E-state index contributed by atoms with van der Waals surface area (Å²) >= 11 is 0. The normalized spacial score (nSPS) is 24.7. The number of sulfonamides is 1. The lowest BCUT2D eigenvalue weighted by Gasteiger charge is -2.54. The van der Waals surface area contributed by atoms with E-state index >= 15 is 0 Å². The summed E-state index contributed by atoms with van der Waals surface area (Å²) in [7, 11) is -1.14. The van der Waals surface area contributed by atoms with E-state index in [1.165, 1.54) is 14.1 Å². The molecule has 1 aromatic carbocycles. The second-order valence-corrected chi connectivity index (χ2v) is 10.7. The third-order valence-corrected chi connectivity index (χ3v) is 9.26. The number of halogens is 3. The van der Waals surface area contributed by atoms with E-state index in [-0.39, 0.29) is 11.6 Å². The monoisotopic (exact) mass is 468 g/mol. The molecular formula is C19H19F3N6O3S. The third kappa shape index (κ3) is 2.51. The number of nitrogens with one attached hydrogen (secondary N) is 3. The van der Waals surface area contributed by atoms with Gasteiger partial charge < -0.3 is 10.6 Å². The molecule has 2 aromatic rings. The Kier molecular flexibility index (Phi) is 3.92. The maximum Gasteiger partial charge on any atom is 0.435 e. The molecule has 2 spiro atoms. The molecular weight excluding hydrogens is 449 g/mol. The second kappa shape index (κ2) is 6.03. The first-order chi connectivity index (χ1) is 14.8. The summed E-state index contributed by atoms with van der Waals surface area (Å²) in [5.74, 6) is -1.22. The highest BCUT2D eigenvalue weighted by atomic mass is 32.2. The zero-order chi connectivity index (χ0) is 23.3. The first kappa shape index (κ1) is 20.8. The molecule has 170 valence electrons. The van der Waals surface area contributed by atoms with Crippen molar-refractivity contribution in [1.29, 1.82) is 5.41 Å². The number of anilines is 1. The summed E-state index contributed by atoms with van der Waals surface area (Å²) in [6.07, 6.45) is -2.54. The summed E-state index contributed by atoms with van der Waals surface area (Å²) in [5.41, 5.74) is -1.20. The molecule has 2 heterocycles. The standard InChI is InChI=1S/C19H19F3N6O3S/c1-27-9-12(14(26-27)19(20,21)22)15(29)24-11-4-3-10-8-18(13(10)7-11)17(5-6-17)32(30,31)28(2)16(23)25-18/h3-4,7,9H,5-6,8H2,1-2H3,(H2,23,25)(H,24,29)/t18-/m1/s1. The van der Waals surface area contributed by atoms with E-state index in [0.717, 1.165) is 20.7 Å². The molecule has 0 radical (unpaired) electrons. The number of carbonyl (C=O) groups excluding carboxylic acids is 1. The zero-order valence-corrected chi connectivity index (χ0v) is 17.9. The van der Waals surface area contributed by atoms with Gasteiger partial charge in [0.15, 0.2) is 5.69 Å². The van der Waals surface area contributed by atoms with Crippen LogP contribution in [-0.2, 0) is 35.2 Å². The van der Waals surface area contributed by atoms with Crippen molar-refractivity contribution >= 4 is 27.6 Å². The molecule has 13 heteroatoms. The number of aryl methyl sites for hydroxylation is 1. The summed E-state index contributed by atoms with van der Waals surface area (Å²) in [6, 6.07) is 4.83. The quantitative estimate of drug-likeness (QED) is 0.621. The molecule has 1 saturated carbocycles. The molecule has 1 aromatic heterocycles. The highest BCUT2D eigenvalue weighted by Crippen LogP contribution is 2.63. The van der Waals surface area contributed by atoms with Crippen molar-refractivity contribution < 1.29 is 26.4 Å². The van der Waals surface area contributed by atoms with E-state index in [0.29, 0.717) is 24.8 Å². The van der Waals surface area contributed by atoms with Gasteiger partial charge in [0.2, 0.25) is 16.0 Å². The van der Waals surface area contributed by atoms with Gasteiger partial charge >= 0.3 is 6.18 Å². The van der Waals surface area contributed by atoms with Crippen LogP contribution in [0, 0.1) is 5.41 Å². The van der Waals surface area contributed by atoms with Crippen LogP contribution in [0.3, 0.4) is 0 Å². The van der Waals surface area contributed by atoms with Crippen molar-refractivity contribution in [3.05, 3.63) is 46.8 Å². The molecule has 1 amide bonds. The minimum atomic E-state index is -4.79. The number of benzene rings is 1. The van der Waals surface area contributed by atoms with Crippen LogP contribution in [0.4, 0.5) is 18.9 Å². The van der Waals surface area contributed by atoms with Gasteiger partial charge in [-0.05, 0) is 36.1 Å². The lowest BCUT2D eigenvalue weighted by atomic mass is 9.67. The van der Waals surface area contributed by atoms with Gasteiger partial charge in [0.05, 0.1) is 11.1 Å². The zero-order valence-electron chi connectivity index (χ0n) is 17.0. The van der Waals surface area contributed by atoms with Crippen LogP contribution in [0.1, 0.15) is 40.0 Å². The van der Waals surface area contributed by atoms with Crippen LogP contribution in [0.2, 0.25) is 0 Å². The average molecular weight is 468 g/mol. The number of hydrogen-bond acceptors (Lipinski definition) is 5. The van der Waals surface area contributed by atoms with Crippen LogP contribution in [0.25, 0.3) is 0 Å². The lowest BCUT2D eigenvalue weighted by Crippen LogP contribution is -2.72. The highest BCUT2D eigenvalue weighted by molar-refractivity contribution is 7.91. The number of fused-ring (bicyclic) bond motifs is 3. The van der Waals surface area contributed by atoms with Crippen molar-refractivity contribution in [2.45, 2.75) is 35.7 Å². The minimum absolute atomic E-state index is 0.227. The molecule has 1 aliphatic heterocycles. The van der Waals surface area contributed by atoms with E-state index < -0.39 is 43.7 Å². The number of alkyl halides is 3. The van der Waals surface area contributed by atoms with E-state index in [1.807, 2.05) is 0 Å². The average Bonchev–Trinajstić information content (AvgIpc) is 3.41. The maximum absolute atomic E-state index is 13.2. The summed E-state index contributed by atoms with van der Waals surface area (Å²) in [4.78, 5) is 12.6. The third-order valence-electron chi connectivity index (χ3n) is 6.61. The van der Waals surface area contributed by atoms with Crippen molar-refractivity contribution in [2.75, 3.05) is 12.4 Å². The van der Waals surface area contributed by atoms with Gasteiger partial charge in [0.25, 0.3) is 5.91 Å². The topological polar surface area (TPSA) is 120 Å².